The number of benzene rings is 1. The number of nitrogens with zero attached hydrogens (tertiary/aromatic N) is 2. The van der Waals surface area contributed by atoms with Crippen molar-refractivity contribution in [1.82, 2.24) is 9.80 Å². The lowest BCUT2D eigenvalue weighted by atomic mass is 10.1. The molecule has 1 saturated heterocycles. The topological polar surface area (TPSA) is 26.7 Å². The highest BCUT2D eigenvalue weighted by molar-refractivity contribution is 5.19. The average molecular weight is 256 g/mol. The van der Waals surface area contributed by atoms with Crippen LogP contribution in [0.15, 0.2) is 18.2 Å². The van der Waals surface area contributed by atoms with Crippen LogP contribution in [0.4, 0.5) is 8.78 Å². The summed E-state index contributed by atoms with van der Waals surface area (Å²) < 4.78 is 27.1. The Kier molecular flexibility index (Phi) is 4.27. The lowest BCUT2D eigenvalue weighted by Crippen LogP contribution is -2.53. The van der Waals surface area contributed by atoms with Crippen molar-refractivity contribution in [2.24, 2.45) is 0 Å². The number of likely N-dealkylation sites (N-methyl/N-ethyl adjacent to an activating group) is 1. The van der Waals surface area contributed by atoms with Crippen LogP contribution >= 0.6 is 0 Å². The summed E-state index contributed by atoms with van der Waals surface area (Å²) in [5, 5.41) is 9.34. The summed E-state index contributed by atoms with van der Waals surface area (Å²) >= 11 is 0. The van der Waals surface area contributed by atoms with E-state index < -0.39 is 11.6 Å². The van der Waals surface area contributed by atoms with Gasteiger partial charge in [0.2, 0.25) is 0 Å². The Labute approximate surface area is 106 Å². The average Bonchev–Trinajstić information content (AvgIpc) is 2.35. The van der Waals surface area contributed by atoms with Gasteiger partial charge in [0.25, 0.3) is 0 Å². The van der Waals surface area contributed by atoms with Crippen LogP contribution < -0.4 is 0 Å². The summed E-state index contributed by atoms with van der Waals surface area (Å²) in [4.78, 5) is 4.04. The van der Waals surface area contributed by atoms with Crippen molar-refractivity contribution in [2.75, 3.05) is 33.3 Å². The number of aliphatic hydroxyl groups excluding tert-OH is 1. The molecule has 5 heteroatoms. The zero-order valence-electron chi connectivity index (χ0n) is 10.4. The molecule has 1 fully saturated rings. The molecule has 1 aromatic rings. The van der Waals surface area contributed by atoms with Gasteiger partial charge in [0, 0.05) is 37.8 Å². The minimum atomic E-state index is -0.523. The van der Waals surface area contributed by atoms with Crippen LogP contribution in [0.3, 0.4) is 0 Å². The molecule has 0 aliphatic carbocycles. The van der Waals surface area contributed by atoms with Gasteiger partial charge in [-0.2, -0.15) is 0 Å². The highest BCUT2D eigenvalue weighted by Gasteiger charge is 2.26. The summed E-state index contributed by atoms with van der Waals surface area (Å²) in [6.07, 6.45) is 0. The monoisotopic (exact) mass is 256 g/mol. The van der Waals surface area contributed by atoms with Gasteiger partial charge in [-0.15, -0.1) is 0 Å². The summed E-state index contributed by atoms with van der Waals surface area (Å²) in [6, 6.07) is 3.83. The SMILES string of the molecule is CN1CCN(Cc2c(F)cccc2F)C(CO)C1. The van der Waals surface area contributed by atoms with Crippen molar-refractivity contribution >= 4 is 0 Å². The standard InChI is InChI=1S/C13H18F2N2O/c1-16-5-6-17(10(7-16)9-18)8-11-12(14)3-2-4-13(11)15/h2-4,10,18H,5-9H2,1H3. The van der Waals surface area contributed by atoms with Crippen molar-refractivity contribution in [3.05, 3.63) is 35.4 Å². The van der Waals surface area contributed by atoms with E-state index in [1.165, 1.54) is 18.2 Å². The molecule has 100 valence electrons. The molecular formula is C13H18F2N2O. The van der Waals surface area contributed by atoms with E-state index in [9.17, 15) is 13.9 Å². The predicted molar refractivity (Wildman–Crippen MR) is 65.1 cm³/mol. The lowest BCUT2D eigenvalue weighted by Gasteiger charge is -2.39. The quantitative estimate of drug-likeness (QED) is 0.876. The Balaban J connectivity index is 2.12. The van der Waals surface area contributed by atoms with Gasteiger partial charge < -0.3 is 10.0 Å². The second-order valence-corrected chi connectivity index (χ2v) is 4.77. The third-order valence-corrected chi connectivity index (χ3v) is 3.44. The molecule has 1 atom stereocenters. The fraction of sp³-hybridized carbons (Fsp3) is 0.538. The Morgan fingerprint density at radius 1 is 1.28 bits per heavy atom. The maximum Gasteiger partial charge on any atom is 0.130 e. The fourth-order valence-corrected chi connectivity index (χ4v) is 2.32. The van der Waals surface area contributed by atoms with E-state index in [1.807, 2.05) is 11.9 Å². The van der Waals surface area contributed by atoms with Crippen LogP contribution in [-0.2, 0) is 6.54 Å². The Bertz CT molecular complexity index is 394. The molecule has 0 bridgehead atoms. The first kappa shape index (κ1) is 13.4. The van der Waals surface area contributed by atoms with Crippen molar-refractivity contribution in [1.29, 1.82) is 0 Å². The third kappa shape index (κ3) is 2.85. The van der Waals surface area contributed by atoms with Gasteiger partial charge in [-0.3, -0.25) is 4.90 Å². The van der Waals surface area contributed by atoms with Crippen LogP contribution in [-0.4, -0.2) is 54.2 Å². The number of hydrogen-bond donors (Lipinski definition) is 1. The molecule has 0 saturated carbocycles. The molecule has 3 nitrogen and oxygen atoms in total. The Morgan fingerprint density at radius 2 is 1.94 bits per heavy atom. The first-order chi connectivity index (χ1) is 8.61. The van der Waals surface area contributed by atoms with Crippen LogP contribution in [0, 0.1) is 11.6 Å². The minimum absolute atomic E-state index is 0.000408. The highest BCUT2D eigenvalue weighted by atomic mass is 19.1. The summed E-state index contributed by atoms with van der Waals surface area (Å²) in [5.41, 5.74) is 0.0838. The van der Waals surface area contributed by atoms with Crippen LogP contribution in [0.5, 0.6) is 0 Å². The van der Waals surface area contributed by atoms with Crippen molar-refractivity contribution in [3.63, 3.8) is 0 Å². The van der Waals surface area contributed by atoms with Crippen LogP contribution in [0.2, 0.25) is 0 Å². The first-order valence-corrected chi connectivity index (χ1v) is 6.08. The maximum atomic E-state index is 13.6. The second kappa shape index (κ2) is 5.73. The van der Waals surface area contributed by atoms with E-state index in [2.05, 4.69) is 4.90 Å². The minimum Gasteiger partial charge on any atom is -0.395 e. The summed E-state index contributed by atoms with van der Waals surface area (Å²) in [6.45, 7) is 2.46. The van der Waals surface area contributed by atoms with Gasteiger partial charge in [-0.05, 0) is 19.2 Å². The molecule has 1 aliphatic rings. The molecule has 2 rings (SSSR count). The van der Waals surface area contributed by atoms with E-state index in [-0.39, 0.29) is 24.8 Å². The molecule has 1 aromatic carbocycles. The third-order valence-electron chi connectivity index (χ3n) is 3.44. The molecule has 0 amide bonds. The van der Waals surface area contributed by atoms with Gasteiger partial charge in [0.1, 0.15) is 11.6 Å². The molecule has 1 aliphatic heterocycles. The zero-order valence-corrected chi connectivity index (χ0v) is 10.4. The molecule has 0 aromatic heterocycles. The van der Waals surface area contributed by atoms with E-state index in [0.29, 0.717) is 13.1 Å². The van der Waals surface area contributed by atoms with Gasteiger partial charge in [0.05, 0.1) is 6.61 Å². The highest BCUT2D eigenvalue weighted by Crippen LogP contribution is 2.18. The molecule has 1 unspecified atom stereocenters. The predicted octanol–water partition coefficient (Wildman–Crippen LogP) is 1.07. The van der Waals surface area contributed by atoms with E-state index in [1.54, 1.807) is 0 Å². The van der Waals surface area contributed by atoms with Crippen LogP contribution in [0.25, 0.3) is 0 Å². The molecular weight excluding hydrogens is 238 g/mol. The first-order valence-electron chi connectivity index (χ1n) is 6.08. The normalized spacial score (nSPS) is 22.3. The maximum absolute atomic E-state index is 13.6. The summed E-state index contributed by atoms with van der Waals surface area (Å²) in [5.74, 6) is -1.05. The van der Waals surface area contributed by atoms with Gasteiger partial charge in [0.15, 0.2) is 0 Å². The van der Waals surface area contributed by atoms with Gasteiger partial charge >= 0.3 is 0 Å². The van der Waals surface area contributed by atoms with E-state index in [4.69, 9.17) is 0 Å². The summed E-state index contributed by atoms with van der Waals surface area (Å²) in [7, 11) is 1.98. The molecule has 1 heterocycles. The van der Waals surface area contributed by atoms with E-state index in [0.717, 1.165) is 6.54 Å². The number of hydrogen-bond acceptors (Lipinski definition) is 3. The molecule has 18 heavy (non-hydrogen) atoms. The Hall–Kier alpha value is -1.04. The number of halogens is 2. The van der Waals surface area contributed by atoms with Gasteiger partial charge in [-0.25, -0.2) is 8.78 Å². The molecule has 0 radical (unpaired) electrons. The number of aliphatic hydroxyl groups is 1. The van der Waals surface area contributed by atoms with Crippen molar-refractivity contribution in [2.45, 2.75) is 12.6 Å². The lowest BCUT2D eigenvalue weighted by molar-refractivity contribution is 0.0444. The number of rotatable bonds is 3. The van der Waals surface area contributed by atoms with Crippen molar-refractivity contribution < 1.29 is 13.9 Å². The molecule has 1 N–H and O–H groups in total. The number of piperazine rings is 1. The van der Waals surface area contributed by atoms with Crippen molar-refractivity contribution in [3.8, 4) is 0 Å². The molecule has 0 spiro atoms. The zero-order chi connectivity index (χ0) is 13.1. The second-order valence-electron chi connectivity index (χ2n) is 4.77. The fourth-order valence-electron chi connectivity index (χ4n) is 2.32. The van der Waals surface area contributed by atoms with E-state index >= 15 is 0 Å². The van der Waals surface area contributed by atoms with Gasteiger partial charge in [-0.1, -0.05) is 6.07 Å². The smallest absolute Gasteiger partial charge is 0.130 e. The largest absolute Gasteiger partial charge is 0.395 e. The van der Waals surface area contributed by atoms with Crippen LogP contribution in [0.1, 0.15) is 5.56 Å². The Morgan fingerprint density at radius 3 is 2.56 bits per heavy atom.